The fourth-order valence-corrected chi connectivity index (χ4v) is 1.81. The van der Waals surface area contributed by atoms with Crippen LogP contribution in [-0.4, -0.2) is 53.5 Å². The molecule has 1 amide bonds. The van der Waals surface area contributed by atoms with Gasteiger partial charge in [0, 0.05) is 32.4 Å². The smallest absolute Gasteiger partial charge is 0.239 e. The molecule has 92 valence electrons. The molecule has 2 heterocycles. The minimum absolute atomic E-state index is 0.0818. The number of hydrogen-bond donors (Lipinski definition) is 2. The summed E-state index contributed by atoms with van der Waals surface area (Å²) in [5, 5.41) is 6.06. The van der Waals surface area contributed by atoms with Gasteiger partial charge in [0.2, 0.25) is 11.2 Å². The van der Waals surface area contributed by atoms with E-state index in [2.05, 4.69) is 25.5 Å². The molecule has 1 fully saturated rings. The second-order valence-corrected chi connectivity index (χ2v) is 4.12. The maximum absolute atomic E-state index is 11.7. The van der Waals surface area contributed by atoms with Gasteiger partial charge in [0.15, 0.2) is 0 Å². The Bertz CT molecular complexity index is 394. The van der Waals surface area contributed by atoms with Gasteiger partial charge in [0.25, 0.3) is 0 Å². The standard InChI is InChI=1S/C10H14ClN5O/c11-10-13-2-1-8(15-10)14-9(17)7-16-5-3-12-4-6-16/h1-2,12H,3-7H2,(H,13,14,15,17). The van der Waals surface area contributed by atoms with Crippen molar-refractivity contribution in [2.24, 2.45) is 0 Å². The molecule has 0 bridgehead atoms. The van der Waals surface area contributed by atoms with E-state index in [1.165, 1.54) is 6.20 Å². The van der Waals surface area contributed by atoms with Crippen LogP contribution in [0.4, 0.5) is 5.82 Å². The highest BCUT2D eigenvalue weighted by atomic mass is 35.5. The van der Waals surface area contributed by atoms with E-state index < -0.39 is 0 Å². The van der Waals surface area contributed by atoms with Crippen molar-refractivity contribution in [2.45, 2.75) is 0 Å². The third-order valence-corrected chi connectivity index (χ3v) is 2.65. The first-order chi connectivity index (χ1) is 8.24. The van der Waals surface area contributed by atoms with Crippen LogP contribution in [0.3, 0.4) is 0 Å². The number of nitrogens with zero attached hydrogens (tertiary/aromatic N) is 3. The lowest BCUT2D eigenvalue weighted by Crippen LogP contribution is -2.46. The molecule has 6 nitrogen and oxygen atoms in total. The van der Waals surface area contributed by atoms with Crippen LogP contribution >= 0.6 is 11.6 Å². The molecule has 1 aliphatic heterocycles. The number of anilines is 1. The molecular formula is C10H14ClN5O. The van der Waals surface area contributed by atoms with Crippen LogP contribution < -0.4 is 10.6 Å². The van der Waals surface area contributed by atoms with Gasteiger partial charge in [-0.25, -0.2) is 9.97 Å². The van der Waals surface area contributed by atoms with Gasteiger partial charge in [-0.05, 0) is 17.7 Å². The van der Waals surface area contributed by atoms with Crippen LogP contribution in [0.25, 0.3) is 0 Å². The summed E-state index contributed by atoms with van der Waals surface area (Å²) in [7, 11) is 0. The molecule has 1 aromatic heterocycles. The third kappa shape index (κ3) is 3.92. The fourth-order valence-electron chi connectivity index (χ4n) is 1.66. The van der Waals surface area contributed by atoms with Crippen molar-refractivity contribution in [2.75, 3.05) is 38.0 Å². The second-order valence-electron chi connectivity index (χ2n) is 3.79. The average Bonchev–Trinajstić information content (AvgIpc) is 2.30. The van der Waals surface area contributed by atoms with Crippen molar-refractivity contribution < 1.29 is 4.79 Å². The maximum atomic E-state index is 11.7. The minimum atomic E-state index is -0.0818. The molecule has 17 heavy (non-hydrogen) atoms. The summed E-state index contributed by atoms with van der Waals surface area (Å²) in [5.41, 5.74) is 0. The molecule has 0 aromatic carbocycles. The monoisotopic (exact) mass is 255 g/mol. The molecule has 1 saturated heterocycles. The minimum Gasteiger partial charge on any atom is -0.314 e. The lowest BCUT2D eigenvalue weighted by Gasteiger charge is -2.26. The fraction of sp³-hybridized carbons (Fsp3) is 0.500. The first-order valence-corrected chi connectivity index (χ1v) is 5.83. The Kier molecular flexibility index (Phi) is 4.24. The topological polar surface area (TPSA) is 70.2 Å². The van der Waals surface area contributed by atoms with Crippen molar-refractivity contribution >= 4 is 23.3 Å². The van der Waals surface area contributed by atoms with Crippen molar-refractivity contribution in [3.63, 3.8) is 0 Å². The summed E-state index contributed by atoms with van der Waals surface area (Å²) in [5.74, 6) is 0.354. The largest absolute Gasteiger partial charge is 0.314 e. The zero-order valence-electron chi connectivity index (χ0n) is 9.32. The lowest BCUT2D eigenvalue weighted by atomic mass is 10.3. The lowest BCUT2D eigenvalue weighted by molar-refractivity contribution is -0.117. The summed E-state index contributed by atoms with van der Waals surface area (Å²) in [6.45, 7) is 4.00. The van der Waals surface area contributed by atoms with E-state index in [0.29, 0.717) is 12.4 Å². The van der Waals surface area contributed by atoms with Crippen molar-refractivity contribution in [3.8, 4) is 0 Å². The Morgan fingerprint density at radius 3 is 3.00 bits per heavy atom. The molecule has 0 saturated carbocycles. The highest BCUT2D eigenvalue weighted by molar-refractivity contribution is 6.28. The average molecular weight is 256 g/mol. The van der Waals surface area contributed by atoms with Crippen molar-refractivity contribution in [3.05, 3.63) is 17.5 Å². The zero-order chi connectivity index (χ0) is 12.1. The van der Waals surface area contributed by atoms with E-state index in [0.717, 1.165) is 26.2 Å². The number of carbonyl (C=O) groups excluding carboxylic acids is 1. The van der Waals surface area contributed by atoms with Crippen LogP contribution in [-0.2, 0) is 4.79 Å². The molecule has 1 aromatic rings. The molecule has 7 heteroatoms. The van der Waals surface area contributed by atoms with Crippen LogP contribution in [0.5, 0.6) is 0 Å². The molecule has 0 unspecified atom stereocenters. The number of carbonyl (C=O) groups is 1. The molecule has 0 aliphatic carbocycles. The van der Waals surface area contributed by atoms with Gasteiger partial charge in [-0.3, -0.25) is 9.69 Å². The summed E-state index contributed by atoms with van der Waals surface area (Å²) in [6.07, 6.45) is 1.51. The van der Waals surface area contributed by atoms with E-state index in [9.17, 15) is 4.79 Å². The highest BCUT2D eigenvalue weighted by Gasteiger charge is 2.13. The summed E-state index contributed by atoms with van der Waals surface area (Å²) < 4.78 is 0. The van der Waals surface area contributed by atoms with E-state index in [1.54, 1.807) is 6.07 Å². The van der Waals surface area contributed by atoms with Crippen LogP contribution in [0.2, 0.25) is 5.28 Å². The number of piperazine rings is 1. The normalized spacial score (nSPS) is 16.8. The van der Waals surface area contributed by atoms with E-state index >= 15 is 0 Å². The molecule has 1 aliphatic rings. The zero-order valence-corrected chi connectivity index (χ0v) is 10.1. The number of hydrogen-bond acceptors (Lipinski definition) is 5. The van der Waals surface area contributed by atoms with Crippen LogP contribution in [0.15, 0.2) is 12.3 Å². The number of aromatic nitrogens is 2. The first-order valence-electron chi connectivity index (χ1n) is 5.45. The SMILES string of the molecule is O=C(CN1CCNCC1)Nc1ccnc(Cl)n1. The number of amides is 1. The Labute approximate surface area is 104 Å². The number of halogens is 1. The van der Waals surface area contributed by atoms with Gasteiger partial charge in [-0.2, -0.15) is 0 Å². The summed E-state index contributed by atoms with van der Waals surface area (Å²) in [6, 6.07) is 1.61. The van der Waals surface area contributed by atoms with Crippen LogP contribution in [0, 0.1) is 0 Å². The Morgan fingerprint density at radius 2 is 2.29 bits per heavy atom. The summed E-state index contributed by atoms with van der Waals surface area (Å²) in [4.78, 5) is 21.5. The predicted octanol–water partition coefficient (Wildman–Crippen LogP) is -0.0263. The molecule has 2 N–H and O–H groups in total. The summed E-state index contributed by atoms with van der Waals surface area (Å²) >= 11 is 5.63. The van der Waals surface area contributed by atoms with Crippen LogP contribution in [0.1, 0.15) is 0 Å². The predicted molar refractivity (Wildman–Crippen MR) is 65.0 cm³/mol. The Hall–Kier alpha value is -1.24. The van der Waals surface area contributed by atoms with E-state index in [-0.39, 0.29) is 11.2 Å². The number of rotatable bonds is 3. The third-order valence-electron chi connectivity index (χ3n) is 2.47. The van der Waals surface area contributed by atoms with Gasteiger partial charge < -0.3 is 10.6 Å². The van der Waals surface area contributed by atoms with E-state index in [4.69, 9.17) is 11.6 Å². The van der Waals surface area contributed by atoms with Crippen molar-refractivity contribution in [1.29, 1.82) is 0 Å². The molecule has 0 atom stereocenters. The second kappa shape index (κ2) is 5.90. The quantitative estimate of drug-likeness (QED) is 0.743. The Balaban J connectivity index is 1.84. The molecule has 0 spiro atoms. The van der Waals surface area contributed by atoms with E-state index in [1.807, 2.05) is 0 Å². The van der Waals surface area contributed by atoms with Gasteiger partial charge in [0.05, 0.1) is 6.54 Å². The first kappa shape index (κ1) is 12.2. The molecular weight excluding hydrogens is 242 g/mol. The Morgan fingerprint density at radius 1 is 1.53 bits per heavy atom. The van der Waals surface area contributed by atoms with Gasteiger partial charge in [-0.15, -0.1) is 0 Å². The number of nitrogens with one attached hydrogen (secondary N) is 2. The van der Waals surface area contributed by atoms with Gasteiger partial charge in [-0.1, -0.05) is 0 Å². The van der Waals surface area contributed by atoms with Gasteiger partial charge in [0.1, 0.15) is 5.82 Å². The molecule has 0 radical (unpaired) electrons. The maximum Gasteiger partial charge on any atom is 0.239 e. The van der Waals surface area contributed by atoms with Gasteiger partial charge >= 0.3 is 0 Å². The highest BCUT2D eigenvalue weighted by Crippen LogP contribution is 2.05. The molecule has 2 rings (SSSR count). The van der Waals surface area contributed by atoms with Crippen molar-refractivity contribution in [1.82, 2.24) is 20.2 Å².